The van der Waals surface area contributed by atoms with Crippen molar-refractivity contribution in [1.82, 2.24) is 4.90 Å². The average molecular weight is 540 g/mol. The number of ketones is 2. The third kappa shape index (κ3) is 3.72. The number of nitrogens with zero attached hydrogens (tertiary/aromatic N) is 2. The van der Waals surface area contributed by atoms with Gasteiger partial charge in [-0.15, -0.1) is 13.2 Å². The molecule has 0 aliphatic heterocycles. The molecule has 1 amide bonds. The maximum absolute atomic E-state index is 14.0. The molecular weight excluding hydrogens is 506 g/mol. The fourth-order valence-electron chi connectivity index (χ4n) is 6.44. The number of aliphatic hydroxyl groups is 4. The largest absolute Gasteiger partial charge is 0.508 e. The van der Waals surface area contributed by atoms with Gasteiger partial charge in [-0.2, -0.15) is 0 Å². The summed E-state index contributed by atoms with van der Waals surface area (Å²) in [6.07, 6.45) is 1.60. The number of phenolic OH excluding ortho intramolecular Hbond substituents is 1. The molecule has 0 saturated heterocycles. The predicted molar refractivity (Wildman–Crippen MR) is 143 cm³/mol. The fourth-order valence-corrected chi connectivity index (χ4v) is 6.44. The van der Waals surface area contributed by atoms with E-state index in [0.717, 1.165) is 0 Å². The number of aromatic hydroxyl groups is 1. The lowest BCUT2D eigenvalue weighted by Gasteiger charge is -2.53. The molecule has 0 aromatic heterocycles. The Balaban J connectivity index is 2.01. The summed E-state index contributed by atoms with van der Waals surface area (Å²) in [7, 11) is 2.92. The van der Waals surface area contributed by atoms with Gasteiger partial charge in [0.15, 0.2) is 11.4 Å². The molecule has 11 nitrogen and oxygen atoms in total. The van der Waals surface area contributed by atoms with E-state index in [2.05, 4.69) is 13.2 Å². The van der Waals surface area contributed by atoms with Crippen LogP contribution in [0.1, 0.15) is 24.0 Å². The molecule has 7 N–H and O–H groups in total. The van der Waals surface area contributed by atoms with E-state index in [4.69, 9.17) is 5.73 Å². The number of anilines is 1. The van der Waals surface area contributed by atoms with Crippen LogP contribution in [0.3, 0.4) is 0 Å². The number of carbonyl (C=O) groups excluding carboxylic acids is 3. The van der Waals surface area contributed by atoms with Crippen LogP contribution in [0.15, 0.2) is 54.3 Å². The SMILES string of the molecule is C=CCN(CC=C)c1ccc2c(c1O)C(O)=C1C(=O)[C@]3(O)C(O)=C(C(N)=O)C(=O)[C@@H](N(C)C)[C@@H]3[C@@H](O)[C@@H]1[C@H]2C. The topological polar surface area (TPSA) is 185 Å². The van der Waals surface area contributed by atoms with Crippen molar-refractivity contribution in [3.05, 3.63) is 65.5 Å². The van der Waals surface area contributed by atoms with E-state index in [1.54, 1.807) is 36.1 Å². The fraction of sp³-hybridized carbons (Fsp3) is 0.393. The maximum atomic E-state index is 14.0. The summed E-state index contributed by atoms with van der Waals surface area (Å²) in [5.41, 5.74) is 1.68. The Morgan fingerprint density at radius 1 is 1.13 bits per heavy atom. The predicted octanol–water partition coefficient (Wildman–Crippen LogP) is 0.674. The first-order valence-electron chi connectivity index (χ1n) is 12.4. The molecule has 1 fully saturated rings. The lowest BCUT2D eigenvalue weighted by Crippen LogP contribution is -2.70. The van der Waals surface area contributed by atoms with Gasteiger partial charge < -0.3 is 36.2 Å². The molecule has 3 aliphatic carbocycles. The molecule has 0 unspecified atom stereocenters. The van der Waals surface area contributed by atoms with E-state index in [1.807, 2.05) is 0 Å². The van der Waals surface area contributed by atoms with Crippen molar-refractivity contribution < 1.29 is 39.9 Å². The third-order valence-electron chi connectivity index (χ3n) is 8.15. The van der Waals surface area contributed by atoms with Crippen molar-refractivity contribution in [3.8, 4) is 5.75 Å². The van der Waals surface area contributed by atoms with Crippen LogP contribution in [0.2, 0.25) is 0 Å². The first kappa shape index (κ1) is 28.1. The highest BCUT2D eigenvalue weighted by molar-refractivity contribution is 6.24. The number of aliphatic hydroxyl groups excluding tert-OH is 3. The molecule has 0 spiro atoms. The number of phenols is 1. The third-order valence-corrected chi connectivity index (χ3v) is 8.15. The summed E-state index contributed by atoms with van der Waals surface area (Å²) >= 11 is 0. The Hall–Kier alpha value is -3.93. The van der Waals surface area contributed by atoms with Gasteiger partial charge in [0.25, 0.3) is 5.91 Å². The van der Waals surface area contributed by atoms with Crippen LogP contribution in [0.4, 0.5) is 5.69 Å². The van der Waals surface area contributed by atoms with Crippen LogP contribution in [0.5, 0.6) is 5.75 Å². The molecule has 3 aliphatic rings. The summed E-state index contributed by atoms with van der Waals surface area (Å²) in [4.78, 5) is 42.4. The number of fused-ring (bicyclic) bond motifs is 3. The van der Waals surface area contributed by atoms with Gasteiger partial charge in [0, 0.05) is 24.6 Å². The Labute approximate surface area is 225 Å². The van der Waals surface area contributed by atoms with Gasteiger partial charge in [-0.05, 0) is 31.6 Å². The van der Waals surface area contributed by atoms with Crippen LogP contribution >= 0.6 is 0 Å². The molecule has 1 aromatic carbocycles. The van der Waals surface area contributed by atoms with Gasteiger partial charge in [-0.3, -0.25) is 19.3 Å². The van der Waals surface area contributed by atoms with Gasteiger partial charge in [0.1, 0.15) is 22.8 Å². The maximum Gasteiger partial charge on any atom is 0.255 e. The van der Waals surface area contributed by atoms with E-state index in [9.17, 15) is 39.9 Å². The van der Waals surface area contributed by atoms with E-state index in [-0.39, 0.29) is 11.3 Å². The zero-order valence-electron chi connectivity index (χ0n) is 22.0. The van der Waals surface area contributed by atoms with E-state index in [0.29, 0.717) is 24.3 Å². The number of hydrogen-bond donors (Lipinski definition) is 6. The quantitative estimate of drug-likeness (QED) is 0.213. The van der Waals surface area contributed by atoms with E-state index < -0.39 is 75.6 Å². The Kier molecular flexibility index (Phi) is 6.97. The van der Waals surface area contributed by atoms with Crippen molar-refractivity contribution in [2.75, 3.05) is 32.1 Å². The number of amides is 1. The Morgan fingerprint density at radius 2 is 1.72 bits per heavy atom. The molecule has 39 heavy (non-hydrogen) atoms. The minimum Gasteiger partial charge on any atom is -0.508 e. The number of likely N-dealkylation sites (N-methyl/N-ethyl adjacent to an activating group) is 1. The van der Waals surface area contributed by atoms with E-state index in [1.165, 1.54) is 19.0 Å². The molecule has 0 heterocycles. The molecule has 0 bridgehead atoms. The molecule has 11 heteroatoms. The van der Waals surface area contributed by atoms with Gasteiger partial charge >= 0.3 is 0 Å². The van der Waals surface area contributed by atoms with Gasteiger partial charge in [0.2, 0.25) is 5.78 Å². The van der Waals surface area contributed by atoms with Crippen molar-refractivity contribution in [1.29, 1.82) is 0 Å². The smallest absolute Gasteiger partial charge is 0.255 e. The number of nitrogens with two attached hydrogens (primary N) is 1. The lowest BCUT2D eigenvalue weighted by molar-refractivity contribution is -0.169. The normalized spacial score (nSPS) is 30.1. The highest BCUT2D eigenvalue weighted by Crippen LogP contribution is 2.56. The monoisotopic (exact) mass is 539 g/mol. The second-order valence-corrected chi connectivity index (χ2v) is 10.4. The average Bonchev–Trinajstić information content (AvgIpc) is 2.85. The van der Waals surface area contributed by atoms with Gasteiger partial charge in [0.05, 0.1) is 29.3 Å². The number of rotatable bonds is 7. The van der Waals surface area contributed by atoms with Crippen molar-refractivity contribution in [2.45, 2.75) is 30.6 Å². The van der Waals surface area contributed by atoms with Crippen LogP contribution in [-0.2, 0) is 14.4 Å². The van der Waals surface area contributed by atoms with Crippen molar-refractivity contribution >= 4 is 28.9 Å². The number of carbonyl (C=O) groups is 3. The Morgan fingerprint density at radius 3 is 2.23 bits per heavy atom. The second kappa shape index (κ2) is 9.67. The molecule has 4 rings (SSSR count). The summed E-state index contributed by atoms with van der Waals surface area (Å²) in [5, 5.41) is 57.1. The standard InChI is InChI=1S/C28H33N3O8/c1-6-10-31(11-7-2)14-9-8-13-12(3)15-17(22(33)16(13)21(14)32)25(36)28(39)19(23(15)34)20(30(4)5)24(35)18(26(28)37)27(29)38/h6-9,12,15,19-20,23,32-34,37,39H,1-2,10-11H2,3-5H3,(H2,29,38)/t12-,15+,19+,20-,23-,28-/m0/s1. The molecule has 1 saturated carbocycles. The number of hydrogen-bond acceptors (Lipinski definition) is 10. The first-order chi connectivity index (χ1) is 18.3. The van der Waals surface area contributed by atoms with Crippen molar-refractivity contribution in [2.24, 2.45) is 17.6 Å². The molecule has 1 aromatic rings. The highest BCUT2D eigenvalue weighted by Gasteiger charge is 2.68. The minimum atomic E-state index is -2.95. The van der Waals surface area contributed by atoms with Crippen LogP contribution in [0, 0.1) is 11.8 Å². The van der Waals surface area contributed by atoms with E-state index >= 15 is 0 Å². The number of primary amides is 1. The summed E-state index contributed by atoms with van der Waals surface area (Å²) in [6.45, 7) is 9.78. The van der Waals surface area contributed by atoms with Crippen LogP contribution in [-0.4, -0.2) is 92.8 Å². The number of Topliss-reactive ketones (excluding diaryl/α,β-unsaturated/α-hetero) is 2. The lowest BCUT2D eigenvalue weighted by atomic mass is 9.54. The van der Waals surface area contributed by atoms with Gasteiger partial charge in [-0.25, -0.2) is 0 Å². The minimum absolute atomic E-state index is 0.0679. The first-order valence-corrected chi connectivity index (χ1v) is 12.4. The molecule has 0 radical (unpaired) electrons. The zero-order chi connectivity index (χ0) is 29.1. The van der Waals surface area contributed by atoms with Gasteiger partial charge in [-0.1, -0.05) is 25.1 Å². The number of benzene rings is 1. The molecule has 6 atom stereocenters. The summed E-state index contributed by atoms with van der Waals surface area (Å²) in [5.74, 6) is -9.19. The van der Waals surface area contributed by atoms with Crippen LogP contribution < -0.4 is 10.6 Å². The zero-order valence-corrected chi connectivity index (χ0v) is 22.0. The highest BCUT2D eigenvalue weighted by atomic mass is 16.4. The summed E-state index contributed by atoms with van der Waals surface area (Å²) in [6, 6.07) is 1.91. The summed E-state index contributed by atoms with van der Waals surface area (Å²) < 4.78 is 0. The molecule has 208 valence electrons. The van der Waals surface area contributed by atoms with Crippen LogP contribution in [0.25, 0.3) is 5.76 Å². The second-order valence-electron chi connectivity index (χ2n) is 10.4. The van der Waals surface area contributed by atoms with Crippen molar-refractivity contribution in [3.63, 3.8) is 0 Å². The molecular formula is C28H33N3O8. The Bertz CT molecular complexity index is 1350.